The first-order valence-corrected chi connectivity index (χ1v) is 7.89. The molecule has 120 valence electrons. The van der Waals surface area contributed by atoms with Gasteiger partial charge in [-0.1, -0.05) is 23.7 Å². The van der Waals surface area contributed by atoms with Gasteiger partial charge in [-0.25, -0.2) is 9.37 Å². The lowest BCUT2D eigenvalue weighted by Gasteiger charge is -2.35. The fourth-order valence-electron chi connectivity index (χ4n) is 2.69. The van der Waals surface area contributed by atoms with Crippen molar-refractivity contribution in [1.29, 1.82) is 0 Å². The fourth-order valence-corrected chi connectivity index (χ4v) is 2.92. The monoisotopic (exact) mass is 333 g/mol. The minimum absolute atomic E-state index is 0.00487. The molecule has 1 fully saturated rings. The largest absolute Gasteiger partial charge is 0.353 e. The van der Waals surface area contributed by atoms with Crippen LogP contribution in [0.5, 0.6) is 0 Å². The van der Waals surface area contributed by atoms with Crippen molar-refractivity contribution < 1.29 is 9.18 Å². The van der Waals surface area contributed by atoms with Crippen LogP contribution in [0, 0.1) is 5.82 Å². The Kier molecular flexibility index (Phi) is 4.76. The van der Waals surface area contributed by atoms with Crippen molar-refractivity contribution in [2.45, 2.75) is 6.42 Å². The number of halogens is 2. The van der Waals surface area contributed by atoms with E-state index in [9.17, 15) is 9.18 Å². The van der Waals surface area contributed by atoms with Crippen molar-refractivity contribution in [1.82, 2.24) is 9.88 Å². The Balaban J connectivity index is 1.60. The van der Waals surface area contributed by atoms with E-state index in [1.807, 2.05) is 18.2 Å². The zero-order valence-corrected chi connectivity index (χ0v) is 13.3. The Hall–Kier alpha value is -2.14. The molecule has 23 heavy (non-hydrogen) atoms. The van der Waals surface area contributed by atoms with Crippen LogP contribution in [0.4, 0.5) is 10.2 Å². The molecule has 3 rings (SSSR count). The van der Waals surface area contributed by atoms with E-state index >= 15 is 0 Å². The molecule has 4 nitrogen and oxygen atoms in total. The highest BCUT2D eigenvalue weighted by molar-refractivity contribution is 6.31. The number of carbonyl (C=O) groups is 1. The number of rotatable bonds is 3. The maximum atomic E-state index is 13.8. The van der Waals surface area contributed by atoms with Gasteiger partial charge in [-0.3, -0.25) is 4.79 Å². The van der Waals surface area contributed by atoms with Crippen LogP contribution in [0.25, 0.3) is 0 Å². The van der Waals surface area contributed by atoms with E-state index in [1.165, 1.54) is 12.1 Å². The van der Waals surface area contributed by atoms with Crippen LogP contribution in [-0.2, 0) is 11.2 Å². The molecule has 1 saturated heterocycles. The van der Waals surface area contributed by atoms with Gasteiger partial charge in [-0.2, -0.15) is 0 Å². The number of nitrogens with zero attached hydrogens (tertiary/aromatic N) is 3. The average molecular weight is 334 g/mol. The standard InChI is InChI=1S/C17H17ClFN3O/c18-14-4-3-5-15(19)13(14)12-17(23)22-10-8-21(9-11-22)16-6-1-2-7-20-16/h1-7H,8-12H2. The summed E-state index contributed by atoms with van der Waals surface area (Å²) in [5, 5.41) is 0.297. The summed E-state index contributed by atoms with van der Waals surface area (Å²) in [5.41, 5.74) is 0.270. The Morgan fingerprint density at radius 3 is 2.57 bits per heavy atom. The molecule has 2 aromatic rings. The SMILES string of the molecule is O=C(Cc1c(F)cccc1Cl)N1CCN(c2ccccn2)CC1. The number of pyridine rings is 1. The minimum Gasteiger partial charge on any atom is -0.353 e. The molecule has 0 unspecified atom stereocenters. The molecule has 1 amide bonds. The molecular formula is C17H17ClFN3O. The minimum atomic E-state index is -0.432. The number of hydrogen-bond acceptors (Lipinski definition) is 3. The first-order valence-electron chi connectivity index (χ1n) is 7.52. The van der Waals surface area contributed by atoms with Crippen LogP contribution in [0.15, 0.2) is 42.6 Å². The van der Waals surface area contributed by atoms with E-state index in [4.69, 9.17) is 11.6 Å². The number of amides is 1. The topological polar surface area (TPSA) is 36.4 Å². The van der Waals surface area contributed by atoms with E-state index in [0.717, 1.165) is 5.82 Å². The van der Waals surface area contributed by atoms with Crippen molar-refractivity contribution in [3.05, 3.63) is 59.0 Å². The van der Waals surface area contributed by atoms with Crippen LogP contribution < -0.4 is 4.90 Å². The number of carbonyl (C=O) groups excluding carboxylic acids is 1. The Bertz CT molecular complexity index is 667. The smallest absolute Gasteiger partial charge is 0.227 e. The van der Waals surface area contributed by atoms with Crippen LogP contribution in [-0.4, -0.2) is 42.0 Å². The summed E-state index contributed by atoms with van der Waals surface area (Å²) in [7, 11) is 0. The zero-order chi connectivity index (χ0) is 16.2. The lowest BCUT2D eigenvalue weighted by atomic mass is 10.1. The van der Waals surface area contributed by atoms with Gasteiger partial charge in [0.15, 0.2) is 0 Å². The van der Waals surface area contributed by atoms with Crippen LogP contribution >= 0.6 is 11.6 Å². The molecule has 1 aliphatic rings. The van der Waals surface area contributed by atoms with E-state index in [-0.39, 0.29) is 17.9 Å². The molecule has 0 saturated carbocycles. The first kappa shape index (κ1) is 15.7. The van der Waals surface area contributed by atoms with Gasteiger partial charge in [0.25, 0.3) is 0 Å². The van der Waals surface area contributed by atoms with Crippen molar-refractivity contribution in [3.63, 3.8) is 0 Å². The fraction of sp³-hybridized carbons (Fsp3) is 0.294. The van der Waals surface area contributed by atoms with Gasteiger partial charge >= 0.3 is 0 Å². The maximum absolute atomic E-state index is 13.8. The molecule has 0 N–H and O–H groups in total. The number of benzene rings is 1. The molecule has 0 spiro atoms. The summed E-state index contributed by atoms with van der Waals surface area (Å²) < 4.78 is 13.8. The number of hydrogen-bond donors (Lipinski definition) is 0. The molecule has 0 aliphatic carbocycles. The average Bonchev–Trinajstić information content (AvgIpc) is 2.59. The molecular weight excluding hydrogens is 317 g/mol. The number of piperazine rings is 1. The zero-order valence-electron chi connectivity index (χ0n) is 12.6. The molecule has 1 aromatic carbocycles. The normalized spacial score (nSPS) is 14.9. The van der Waals surface area contributed by atoms with E-state index in [2.05, 4.69) is 9.88 Å². The van der Waals surface area contributed by atoms with Gasteiger partial charge in [0.05, 0.1) is 6.42 Å². The van der Waals surface area contributed by atoms with Crippen molar-refractivity contribution in [2.24, 2.45) is 0 Å². The summed E-state index contributed by atoms with van der Waals surface area (Å²) >= 11 is 5.99. The van der Waals surface area contributed by atoms with Crippen molar-refractivity contribution >= 4 is 23.3 Å². The number of anilines is 1. The van der Waals surface area contributed by atoms with Gasteiger partial charge in [0.2, 0.25) is 5.91 Å². The Morgan fingerprint density at radius 1 is 1.13 bits per heavy atom. The maximum Gasteiger partial charge on any atom is 0.227 e. The predicted octanol–water partition coefficient (Wildman–Crippen LogP) is 2.77. The summed E-state index contributed by atoms with van der Waals surface area (Å²) in [4.78, 5) is 20.6. The Morgan fingerprint density at radius 2 is 1.91 bits per heavy atom. The van der Waals surface area contributed by atoms with Gasteiger partial charge in [-0.05, 0) is 24.3 Å². The summed E-state index contributed by atoms with van der Waals surface area (Å²) in [6.45, 7) is 2.63. The van der Waals surface area contributed by atoms with E-state index < -0.39 is 5.82 Å². The second-order valence-electron chi connectivity index (χ2n) is 5.43. The lowest BCUT2D eigenvalue weighted by Crippen LogP contribution is -2.49. The first-order chi connectivity index (χ1) is 11.1. The molecule has 0 atom stereocenters. The van der Waals surface area contributed by atoms with Crippen LogP contribution in [0.2, 0.25) is 5.02 Å². The third kappa shape index (κ3) is 3.62. The van der Waals surface area contributed by atoms with Gasteiger partial charge < -0.3 is 9.80 Å². The summed E-state index contributed by atoms with van der Waals surface area (Å²) in [6.07, 6.45) is 1.75. The molecule has 1 aliphatic heterocycles. The van der Waals surface area contributed by atoms with E-state index in [1.54, 1.807) is 17.2 Å². The predicted molar refractivity (Wildman–Crippen MR) is 88.1 cm³/mol. The van der Waals surface area contributed by atoms with Gasteiger partial charge in [0, 0.05) is 43.0 Å². The molecule has 6 heteroatoms. The van der Waals surface area contributed by atoms with E-state index in [0.29, 0.717) is 31.2 Å². The molecule has 1 aromatic heterocycles. The number of aromatic nitrogens is 1. The van der Waals surface area contributed by atoms with Crippen LogP contribution in [0.1, 0.15) is 5.56 Å². The molecule has 0 radical (unpaired) electrons. The lowest BCUT2D eigenvalue weighted by molar-refractivity contribution is -0.130. The highest BCUT2D eigenvalue weighted by Gasteiger charge is 2.23. The second-order valence-corrected chi connectivity index (χ2v) is 5.84. The van der Waals surface area contributed by atoms with Gasteiger partial charge in [-0.15, -0.1) is 0 Å². The van der Waals surface area contributed by atoms with Crippen molar-refractivity contribution in [3.8, 4) is 0 Å². The van der Waals surface area contributed by atoms with Crippen molar-refractivity contribution in [2.75, 3.05) is 31.1 Å². The third-order valence-corrected chi connectivity index (χ3v) is 4.35. The summed E-state index contributed by atoms with van der Waals surface area (Å²) in [6, 6.07) is 10.2. The van der Waals surface area contributed by atoms with Crippen LogP contribution in [0.3, 0.4) is 0 Å². The Labute approximate surface area is 139 Å². The third-order valence-electron chi connectivity index (χ3n) is 4.00. The highest BCUT2D eigenvalue weighted by Crippen LogP contribution is 2.21. The highest BCUT2D eigenvalue weighted by atomic mass is 35.5. The molecule has 2 heterocycles. The van der Waals surface area contributed by atoms with Gasteiger partial charge in [0.1, 0.15) is 11.6 Å². The molecule has 0 bridgehead atoms. The quantitative estimate of drug-likeness (QED) is 0.866. The summed E-state index contributed by atoms with van der Waals surface area (Å²) in [5.74, 6) is 0.382. The second kappa shape index (κ2) is 6.96.